The molecule has 1 N–H and O–H groups in total. The van der Waals surface area contributed by atoms with Crippen LogP contribution in [0.1, 0.15) is 22.8 Å². The quantitative estimate of drug-likeness (QED) is 0.746. The van der Waals surface area contributed by atoms with E-state index in [-0.39, 0.29) is 0 Å². The molecular weight excluding hydrogens is 226 g/mol. The van der Waals surface area contributed by atoms with Crippen molar-refractivity contribution in [3.05, 3.63) is 65.7 Å². The number of nitrogens with zero attached hydrogens (tertiary/aromatic N) is 1. The van der Waals surface area contributed by atoms with Gasteiger partial charge in [0.2, 0.25) is 0 Å². The molecule has 1 unspecified atom stereocenters. The van der Waals surface area contributed by atoms with Gasteiger partial charge in [0.1, 0.15) is 11.7 Å². The lowest BCUT2D eigenvalue weighted by Crippen LogP contribution is -1.99. The van der Waals surface area contributed by atoms with Crippen LogP contribution in [0.5, 0.6) is 0 Å². The molecule has 0 radical (unpaired) electrons. The maximum absolute atomic E-state index is 10.4. The summed E-state index contributed by atoms with van der Waals surface area (Å²) in [6.07, 6.45) is 4.35. The summed E-state index contributed by atoms with van der Waals surface area (Å²) in [6, 6.07) is 9.61. The molecular formula is C15H13NO2. The zero-order chi connectivity index (χ0) is 12.5. The summed E-state index contributed by atoms with van der Waals surface area (Å²) in [4.78, 5) is 4.10. The zero-order valence-electron chi connectivity index (χ0n) is 10.00. The zero-order valence-corrected chi connectivity index (χ0v) is 10.00. The molecule has 0 aliphatic rings. The van der Waals surface area contributed by atoms with Crippen LogP contribution in [-0.4, -0.2) is 10.1 Å². The molecule has 2 heterocycles. The van der Waals surface area contributed by atoms with Gasteiger partial charge in [0, 0.05) is 28.9 Å². The van der Waals surface area contributed by atoms with Gasteiger partial charge < -0.3 is 9.52 Å². The van der Waals surface area contributed by atoms with E-state index in [4.69, 9.17) is 4.42 Å². The highest BCUT2D eigenvalue weighted by molar-refractivity contribution is 5.81. The maximum atomic E-state index is 10.4. The van der Waals surface area contributed by atoms with E-state index < -0.39 is 6.10 Å². The summed E-state index contributed by atoms with van der Waals surface area (Å²) in [6.45, 7) is 1.96. The molecule has 3 nitrogen and oxygen atoms in total. The van der Waals surface area contributed by atoms with Gasteiger partial charge in [-0.3, -0.25) is 4.98 Å². The Bertz CT molecular complexity index is 688. The van der Waals surface area contributed by atoms with Crippen molar-refractivity contribution in [1.82, 2.24) is 4.98 Å². The van der Waals surface area contributed by atoms with Crippen LogP contribution in [0, 0.1) is 6.92 Å². The molecule has 90 valence electrons. The van der Waals surface area contributed by atoms with Crippen molar-refractivity contribution >= 4 is 11.0 Å². The summed E-state index contributed by atoms with van der Waals surface area (Å²) in [5.74, 6) is 0. The van der Waals surface area contributed by atoms with Gasteiger partial charge in [0.25, 0.3) is 0 Å². The lowest BCUT2D eigenvalue weighted by molar-refractivity contribution is 0.220. The normalized spacial score (nSPS) is 12.8. The Morgan fingerprint density at radius 1 is 1.22 bits per heavy atom. The molecule has 0 amide bonds. The summed E-state index contributed by atoms with van der Waals surface area (Å²) >= 11 is 0. The van der Waals surface area contributed by atoms with Crippen LogP contribution in [0.2, 0.25) is 0 Å². The predicted octanol–water partition coefficient (Wildman–Crippen LogP) is 3.22. The topological polar surface area (TPSA) is 46.3 Å². The van der Waals surface area contributed by atoms with Crippen LogP contribution in [0.3, 0.4) is 0 Å². The maximum Gasteiger partial charge on any atom is 0.134 e. The number of rotatable bonds is 2. The van der Waals surface area contributed by atoms with E-state index in [2.05, 4.69) is 4.98 Å². The number of hydrogen-bond acceptors (Lipinski definition) is 3. The smallest absolute Gasteiger partial charge is 0.134 e. The highest BCUT2D eigenvalue weighted by Crippen LogP contribution is 2.30. The Balaban J connectivity index is 2.09. The van der Waals surface area contributed by atoms with Gasteiger partial charge in [-0.25, -0.2) is 0 Å². The number of fused-ring (bicyclic) bond motifs is 1. The highest BCUT2D eigenvalue weighted by Gasteiger charge is 2.16. The molecule has 3 rings (SSSR count). The average Bonchev–Trinajstić information content (AvgIpc) is 2.82. The summed E-state index contributed by atoms with van der Waals surface area (Å²) < 4.78 is 5.44. The van der Waals surface area contributed by atoms with Crippen LogP contribution >= 0.6 is 0 Å². The SMILES string of the molecule is Cc1cncc(C(O)c2coc3ccccc23)c1. The Labute approximate surface area is 105 Å². The molecule has 1 atom stereocenters. The number of aliphatic hydroxyl groups excluding tert-OH is 1. The van der Waals surface area contributed by atoms with Gasteiger partial charge in [0.15, 0.2) is 0 Å². The number of para-hydroxylation sites is 1. The first-order chi connectivity index (χ1) is 8.75. The largest absolute Gasteiger partial charge is 0.464 e. The number of pyridine rings is 1. The number of hydrogen-bond donors (Lipinski definition) is 1. The van der Waals surface area contributed by atoms with E-state index in [9.17, 15) is 5.11 Å². The molecule has 0 aliphatic carbocycles. The molecule has 0 saturated carbocycles. The van der Waals surface area contributed by atoms with Gasteiger partial charge in [-0.1, -0.05) is 24.3 Å². The van der Waals surface area contributed by atoms with Crippen LogP contribution < -0.4 is 0 Å². The molecule has 0 spiro atoms. The van der Waals surface area contributed by atoms with Crippen molar-refractivity contribution < 1.29 is 9.52 Å². The molecule has 18 heavy (non-hydrogen) atoms. The van der Waals surface area contributed by atoms with Crippen LogP contribution in [-0.2, 0) is 0 Å². The third kappa shape index (κ3) is 1.79. The van der Waals surface area contributed by atoms with Crippen LogP contribution in [0.4, 0.5) is 0 Å². The third-order valence-corrected chi connectivity index (χ3v) is 3.02. The fourth-order valence-electron chi connectivity index (χ4n) is 2.12. The van der Waals surface area contributed by atoms with Gasteiger partial charge in [-0.05, 0) is 18.6 Å². The summed E-state index contributed by atoms with van der Waals surface area (Å²) in [5, 5.41) is 11.3. The second-order valence-corrected chi connectivity index (χ2v) is 4.39. The Morgan fingerprint density at radius 2 is 2.06 bits per heavy atom. The second kappa shape index (κ2) is 4.27. The first kappa shape index (κ1) is 11.0. The lowest BCUT2D eigenvalue weighted by Gasteiger charge is -2.09. The van der Waals surface area contributed by atoms with E-state index in [1.807, 2.05) is 37.3 Å². The number of aliphatic hydroxyl groups is 1. The van der Waals surface area contributed by atoms with Crippen molar-refractivity contribution in [3.63, 3.8) is 0 Å². The molecule has 3 heteroatoms. The lowest BCUT2D eigenvalue weighted by atomic mass is 10.0. The van der Waals surface area contributed by atoms with E-state index in [0.717, 1.165) is 27.7 Å². The minimum absolute atomic E-state index is 0.707. The van der Waals surface area contributed by atoms with Crippen molar-refractivity contribution in [2.45, 2.75) is 13.0 Å². The minimum atomic E-state index is -0.707. The van der Waals surface area contributed by atoms with Gasteiger partial charge in [-0.15, -0.1) is 0 Å². The number of benzene rings is 1. The number of aromatic nitrogens is 1. The van der Waals surface area contributed by atoms with E-state index >= 15 is 0 Å². The molecule has 3 aromatic rings. The second-order valence-electron chi connectivity index (χ2n) is 4.39. The van der Waals surface area contributed by atoms with Gasteiger partial charge in [0.05, 0.1) is 6.26 Å². The van der Waals surface area contributed by atoms with E-state index in [1.54, 1.807) is 18.7 Å². The van der Waals surface area contributed by atoms with Crippen LogP contribution in [0.15, 0.2) is 53.4 Å². The highest BCUT2D eigenvalue weighted by atomic mass is 16.3. The minimum Gasteiger partial charge on any atom is -0.464 e. The number of furan rings is 1. The van der Waals surface area contributed by atoms with Gasteiger partial charge >= 0.3 is 0 Å². The Kier molecular flexibility index (Phi) is 2.61. The predicted molar refractivity (Wildman–Crippen MR) is 69.2 cm³/mol. The summed E-state index contributed by atoms with van der Waals surface area (Å²) in [5.41, 5.74) is 3.37. The first-order valence-electron chi connectivity index (χ1n) is 5.81. The fraction of sp³-hybridized carbons (Fsp3) is 0.133. The monoisotopic (exact) mass is 239 g/mol. The van der Waals surface area contributed by atoms with Crippen molar-refractivity contribution in [2.75, 3.05) is 0 Å². The Hall–Kier alpha value is -2.13. The Morgan fingerprint density at radius 3 is 2.89 bits per heavy atom. The fourth-order valence-corrected chi connectivity index (χ4v) is 2.12. The molecule has 0 bridgehead atoms. The molecule has 0 aliphatic heterocycles. The van der Waals surface area contributed by atoms with Crippen LogP contribution in [0.25, 0.3) is 11.0 Å². The molecule has 0 fully saturated rings. The average molecular weight is 239 g/mol. The summed E-state index contributed by atoms with van der Waals surface area (Å²) in [7, 11) is 0. The van der Waals surface area contributed by atoms with Gasteiger partial charge in [-0.2, -0.15) is 0 Å². The van der Waals surface area contributed by atoms with Crippen molar-refractivity contribution in [2.24, 2.45) is 0 Å². The molecule has 0 saturated heterocycles. The standard InChI is InChI=1S/C15H13NO2/c1-10-6-11(8-16-7-10)15(17)13-9-18-14-5-3-2-4-12(13)14/h2-9,15,17H,1H3. The third-order valence-electron chi connectivity index (χ3n) is 3.02. The van der Waals surface area contributed by atoms with E-state index in [1.165, 1.54) is 0 Å². The molecule has 1 aromatic carbocycles. The first-order valence-corrected chi connectivity index (χ1v) is 5.81. The van der Waals surface area contributed by atoms with E-state index in [0.29, 0.717) is 0 Å². The number of aryl methyl sites for hydroxylation is 1. The van der Waals surface area contributed by atoms with Crippen molar-refractivity contribution in [3.8, 4) is 0 Å². The molecule has 2 aromatic heterocycles. The van der Waals surface area contributed by atoms with Crippen molar-refractivity contribution in [1.29, 1.82) is 0 Å².